The van der Waals surface area contributed by atoms with Gasteiger partial charge in [0, 0.05) is 79.6 Å². The Labute approximate surface area is 199 Å². The molecule has 3 atom stereocenters. The zero-order valence-electron chi connectivity index (χ0n) is 19.5. The molecule has 0 aromatic carbocycles. The highest BCUT2D eigenvalue weighted by atomic mass is 15.4. The summed E-state index contributed by atoms with van der Waals surface area (Å²) in [6.07, 6.45) is 7.32. The first kappa shape index (κ1) is 21.3. The number of nitriles is 1. The summed E-state index contributed by atoms with van der Waals surface area (Å²) in [7, 11) is 0. The number of aromatic nitrogens is 4. The summed E-state index contributed by atoms with van der Waals surface area (Å²) in [4.78, 5) is 14.7. The van der Waals surface area contributed by atoms with Crippen molar-refractivity contribution < 1.29 is 0 Å². The molecule has 0 aliphatic carbocycles. The van der Waals surface area contributed by atoms with Crippen LogP contribution in [0.1, 0.15) is 37.8 Å². The van der Waals surface area contributed by atoms with E-state index in [1.807, 2.05) is 31.3 Å². The highest BCUT2D eigenvalue weighted by molar-refractivity contribution is 5.91. The maximum Gasteiger partial charge on any atom is 0.153 e. The lowest BCUT2D eigenvalue weighted by molar-refractivity contribution is -0.0136. The molecule has 34 heavy (non-hydrogen) atoms. The maximum atomic E-state index is 8.84. The first-order valence-electron chi connectivity index (χ1n) is 12.3. The number of piperidine rings is 1. The number of rotatable bonds is 7. The van der Waals surface area contributed by atoms with Gasteiger partial charge in [-0.2, -0.15) is 10.4 Å². The van der Waals surface area contributed by atoms with E-state index < -0.39 is 0 Å². The van der Waals surface area contributed by atoms with Crippen molar-refractivity contribution in [2.24, 2.45) is 0 Å². The number of fused-ring (bicyclic) bond motifs is 3. The predicted octanol–water partition coefficient (Wildman–Crippen LogP) is 3.41. The van der Waals surface area contributed by atoms with Crippen LogP contribution in [0.5, 0.6) is 0 Å². The van der Waals surface area contributed by atoms with Gasteiger partial charge in [-0.3, -0.25) is 19.9 Å². The van der Waals surface area contributed by atoms with Gasteiger partial charge in [0.05, 0.1) is 11.6 Å². The van der Waals surface area contributed by atoms with Gasteiger partial charge >= 0.3 is 0 Å². The minimum Gasteiger partial charge on any atom is -0.367 e. The third-order valence-electron chi connectivity index (χ3n) is 7.59. The summed E-state index contributed by atoms with van der Waals surface area (Å²) in [5.74, 6) is 2.39. The van der Waals surface area contributed by atoms with Crippen molar-refractivity contribution in [2.75, 3.05) is 30.3 Å². The van der Waals surface area contributed by atoms with Crippen molar-refractivity contribution in [1.29, 1.82) is 5.26 Å². The van der Waals surface area contributed by atoms with Crippen LogP contribution >= 0.6 is 0 Å². The zero-order valence-corrected chi connectivity index (χ0v) is 19.5. The maximum absolute atomic E-state index is 8.84. The second-order valence-electron chi connectivity index (χ2n) is 9.95. The van der Waals surface area contributed by atoms with Gasteiger partial charge in [0.25, 0.3) is 0 Å². The van der Waals surface area contributed by atoms with Crippen molar-refractivity contribution in [1.82, 2.24) is 30.0 Å². The van der Waals surface area contributed by atoms with E-state index in [1.54, 1.807) is 0 Å². The van der Waals surface area contributed by atoms with Gasteiger partial charge < -0.3 is 10.6 Å². The van der Waals surface area contributed by atoms with Gasteiger partial charge in [-0.1, -0.05) is 0 Å². The van der Waals surface area contributed by atoms with E-state index in [2.05, 4.69) is 47.8 Å². The number of nitrogens with one attached hydrogen (secondary N) is 3. The molecule has 3 aliphatic heterocycles. The van der Waals surface area contributed by atoms with E-state index in [4.69, 9.17) is 10.2 Å². The molecule has 3 N–H and O–H groups in total. The van der Waals surface area contributed by atoms with Crippen LogP contribution in [0, 0.1) is 18.3 Å². The Balaban J connectivity index is 1.17. The van der Waals surface area contributed by atoms with Crippen LogP contribution in [-0.4, -0.2) is 73.8 Å². The van der Waals surface area contributed by atoms with E-state index in [9.17, 15) is 0 Å². The van der Waals surface area contributed by atoms with Crippen LogP contribution in [0.2, 0.25) is 0 Å². The van der Waals surface area contributed by atoms with Gasteiger partial charge in [0.2, 0.25) is 0 Å². The average Bonchev–Trinajstić information content (AvgIpc) is 3.32. The van der Waals surface area contributed by atoms with Crippen LogP contribution in [-0.2, 0) is 0 Å². The standard InChI is InChI=1S/C25H31N9/c1-16-10-24(32-31-16)29-23-13-22-21(4-2-8-27-22)25(30-23)28-17-11-18-5-6-19(12-17)34(18)20-14-33(15-20)9-3-7-26/h2,4,8,10,13,17-20H,3,5-6,9,11-12,14-15H2,1H3,(H3,28,29,30,31,32)/t17-,18-,19+. The molecule has 3 saturated heterocycles. The molecular formula is C25H31N9. The average molecular weight is 458 g/mol. The van der Waals surface area contributed by atoms with Crippen molar-refractivity contribution >= 4 is 28.4 Å². The smallest absolute Gasteiger partial charge is 0.153 e. The second kappa shape index (κ2) is 8.85. The molecule has 0 amide bonds. The fraction of sp³-hybridized carbons (Fsp3) is 0.520. The van der Waals surface area contributed by atoms with Crippen LogP contribution in [0.15, 0.2) is 30.5 Å². The number of aryl methyl sites for hydroxylation is 1. The number of likely N-dealkylation sites (tertiary alicyclic amines) is 1. The van der Waals surface area contributed by atoms with Crippen molar-refractivity contribution in [3.63, 3.8) is 0 Å². The number of aromatic amines is 1. The lowest BCUT2D eigenvalue weighted by atomic mass is 9.93. The van der Waals surface area contributed by atoms with Gasteiger partial charge in [-0.05, 0) is 44.7 Å². The summed E-state index contributed by atoms with van der Waals surface area (Å²) >= 11 is 0. The zero-order chi connectivity index (χ0) is 23.1. The summed E-state index contributed by atoms with van der Waals surface area (Å²) in [5, 5.41) is 24.2. The fourth-order valence-corrected chi connectivity index (χ4v) is 6.11. The fourth-order valence-electron chi connectivity index (χ4n) is 6.11. The summed E-state index contributed by atoms with van der Waals surface area (Å²) in [5.41, 5.74) is 1.92. The monoisotopic (exact) mass is 457 g/mol. The molecule has 2 bridgehead atoms. The Kier molecular flexibility index (Phi) is 5.55. The van der Waals surface area contributed by atoms with Crippen LogP contribution in [0.3, 0.4) is 0 Å². The molecule has 9 nitrogen and oxygen atoms in total. The molecule has 6 rings (SSSR count). The molecular weight excluding hydrogens is 426 g/mol. The molecule has 3 aromatic heterocycles. The minimum atomic E-state index is 0.405. The van der Waals surface area contributed by atoms with Crippen LogP contribution in [0.4, 0.5) is 17.5 Å². The lowest BCUT2D eigenvalue weighted by Gasteiger charge is -2.51. The normalized spacial score (nSPS) is 25.2. The van der Waals surface area contributed by atoms with Crippen molar-refractivity contribution in [2.45, 2.75) is 63.2 Å². The highest BCUT2D eigenvalue weighted by Gasteiger charge is 2.46. The molecule has 0 unspecified atom stereocenters. The predicted molar refractivity (Wildman–Crippen MR) is 132 cm³/mol. The Bertz CT molecular complexity index is 1190. The second-order valence-corrected chi connectivity index (χ2v) is 9.95. The largest absolute Gasteiger partial charge is 0.367 e. The molecule has 0 spiro atoms. The number of pyridine rings is 2. The molecule has 6 heterocycles. The molecule has 176 valence electrons. The third kappa shape index (κ3) is 4.08. The Morgan fingerprint density at radius 2 is 1.97 bits per heavy atom. The topological polar surface area (TPSA) is 109 Å². The summed E-state index contributed by atoms with van der Waals surface area (Å²) in [6, 6.07) is 12.6. The molecule has 0 radical (unpaired) electrons. The van der Waals surface area contributed by atoms with Crippen molar-refractivity contribution in [3.05, 3.63) is 36.2 Å². The Morgan fingerprint density at radius 1 is 1.15 bits per heavy atom. The molecule has 9 heteroatoms. The molecule has 3 aliphatic rings. The lowest BCUT2D eigenvalue weighted by Crippen LogP contribution is -2.64. The van der Waals surface area contributed by atoms with Gasteiger partial charge in [-0.15, -0.1) is 0 Å². The van der Waals surface area contributed by atoms with E-state index in [0.29, 0.717) is 30.6 Å². The third-order valence-corrected chi connectivity index (χ3v) is 7.59. The Morgan fingerprint density at radius 3 is 2.71 bits per heavy atom. The highest BCUT2D eigenvalue weighted by Crippen LogP contribution is 2.40. The Hall–Kier alpha value is -3.22. The molecule has 0 saturated carbocycles. The molecule has 3 aromatic rings. The number of nitrogens with zero attached hydrogens (tertiary/aromatic N) is 6. The molecule has 3 fully saturated rings. The van der Waals surface area contributed by atoms with Crippen LogP contribution < -0.4 is 10.6 Å². The number of H-pyrrole nitrogens is 1. The number of hydrogen-bond acceptors (Lipinski definition) is 8. The number of anilines is 3. The van der Waals surface area contributed by atoms with E-state index in [0.717, 1.165) is 66.5 Å². The summed E-state index contributed by atoms with van der Waals surface area (Å²) in [6.45, 7) is 5.13. The van der Waals surface area contributed by atoms with Gasteiger partial charge in [0.15, 0.2) is 5.82 Å². The quantitative estimate of drug-likeness (QED) is 0.495. The minimum absolute atomic E-state index is 0.405. The summed E-state index contributed by atoms with van der Waals surface area (Å²) < 4.78 is 0. The SMILES string of the molecule is Cc1cc(Nc2cc3ncccc3c(N[C@@H]3C[C@H]4CC[C@@H](C3)N4C3CN(CCC#N)C3)n2)n[nH]1. The number of hydrogen-bond donors (Lipinski definition) is 3. The van der Waals surface area contributed by atoms with Gasteiger partial charge in [-0.25, -0.2) is 4.98 Å². The first-order valence-corrected chi connectivity index (χ1v) is 12.3. The van der Waals surface area contributed by atoms with E-state index in [1.165, 1.54) is 12.8 Å². The first-order chi connectivity index (χ1) is 16.7. The van der Waals surface area contributed by atoms with Crippen molar-refractivity contribution in [3.8, 4) is 6.07 Å². The van der Waals surface area contributed by atoms with E-state index >= 15 is 0 Å². The van der Waals surface area contributed by atoms with Crippen LogP contribution in [0.25, 0.3) is 10.9 Å². The van der Waals surface area contributed by atoms with E-state index in [-0.39, 0.29) is 0 Å². The van der Waals surface area contributed by atoms with Gasteiger partial charge in [0.1, 0.15) is 11.6 Å².